The zero-order valence-corrected chi connectivity index (χ0v) is 14.2. The number of nitrogens with one attached hydrogen (secondary N) is 1. The van der Waals surface area contributed by atoms with E-state index in [1.165, 1.54) is 18.2 Å². The van der Waals surface area contributed by atoms with Crippen LogP contribution in [0, 0.1) is 12.7 Å². The van der Waals surface area contributed by atoms with Crippen LogP contribution in [-0.2, 0) is 6.42 Å². The number of halogens is 1. The van der Waals surface area contributed by atoms with Gasteiger partial charge in [-0.15, -0.1) is 0 Å². The number of aromatic hydroxyl groups is 1. The number of imidazole rings is 1. The first-order valence-electron chi connectivity index (χ1n) is 8.14. The summed E-state index contributed by atoms with van der Waals surface area (Å²) in [5, 5.41) is 10.2. The minimum Gasteiger partial charge on any atom is -0.507 e. The summed E-state index contributed by atoms with van der Waals surface area (Å²) in [4.78, 5) is 11.8. The minimum atomic E-state index is -0.408. The molecule has 2 aromatic carbocycles. The molecule has 0 amide bonds. The summed E-state index contributed by atoms with van der Waals surface area (Å²) in [6.45, 7) is 3.98. The van der Waals surface area contributed by atoms with Gasteiger partial charge in [0.1, 0.15) is 11.6 Å². The monoisotopic (exact) mass is 337 g/mol. The van der Waals surface area contributed by atoms with Crippen LogP contribution >= 0.6 is 0 Å². The molecule has 1 aromatic heterocycles. The van der Waals surface area contributed by atoms with Crippen molar-refractivity contribution in [2.24, 2.45) is 4.99 Å². The average molecular weight is 337 g/mol. The summed E-state index contributed by atoms with van der Waals surface area (Å²) < 4.78 is 13.8. The zero-order chi connectivity index (χ0) is 17.8. The number of phenolic OH excluding ortho intramolecular Hbond substituents is 1. The third-order valence-electron chi connectivity index (χ3n) is 3.96. The average Bonchev–Trinajstić information content (AvgIpc) is 3.09. The van der Waals surface area contributed by atoms with Gasteiger partial charge in [-0.05, 0) is 32.0 Å². The molecule has 4 nitrogen and oxygen atoms in total. The molecule has 3 rings (SSSR count). The quantitative estimate of drug-likeness (QED) is 0.691. The summed E-state index contributed by atoms with van der Waals surface area (Å²) in [6, 6.07) is 11.6. The van der Waals surface area contributed by atoms with Gasteiger partial charge in [0, 0.05) is 29.4 Å². The molecule has 3 aromatic rings. The van der Waals surface area contributed by atoms with E-state index in [1.807, 2.05) is 38.1 Å². The van der Waals surface area contributed by atoms with Crippen LogP contribution in [0.3, 0.4) is 0 Å². The fraction of sp³-hybridized carbons (Fsp3) is 0.200. The van der Waals surface area contributed by atoms with E-state index in [0.717, 1.165) is 16.8 Å². The fourth-order valence-corrected chi connectivity index (χ4v) is 2.69. The summed E-state index contributed by atoms with van der Waals surface area (Å²) in [5.41, 5.74) is 3.90. The number of aliphatic imine (C=N–C) groups is 1. The molecule has 5 heteroatoms. The molecule has 0 aliphatic heterocycles. The molecule has 0 unspecified atom stereocenters. The molecule has 1 atom stereocenters. The highest BCUT2D eigenvalue weighted by atomic mass is 19.1. The van der Waals surface area contributed by atoms with Gasteiger partial charge < -0.3 is 10.1 Å². The number of phenols is 1. The van der Waals surface area contributed by atoms with E-state index in [-0.39, 0.29) is 11.8 Å². The van der Waals surface area contributed by atoms with Crippen LogP contribution in [0.25, 0.3) is 0 Å². The molecule has 0 fully saturated rings. The number of hydrogen-bond donors (Lipinski definition) is 2. The first kappa shape index (κ1) is 16.9. The predicted molar refractivity (Wildman–Crippen MR) is 96.6 cm³/mol. The standard InChI is InChI=1S/C20H20FN3O/c1-13-3-5-15(6-4-13)20(18-10-16(21)7-8-19(18)25)24-14(2)9-17-11-22-12-23-17/h3-8,10-12,14,25H,9H2,1-2H3,(H,22,23)/t14-/m1/s1. The van der Waals surface area contributed by atoms with E-state index in [2.05, 4.69) is 9.97 Å². The lowest BCUT2D eigenvalue weighted by Crippen LogP contribution is -2.12. The Kier molecular flexibility index (Phi) is 4.93. The molecular formula is C20H20FN3O. The van der Waals surface area contributed by atoms with Gasteiger partial charge in [-0.25, -0.2) is 9.37 Å². The van der Waals surface area contributed by atoms with Crippen molar-refractivity contribution in [3.8, 4) is 5.75 Å². The van der Waals surface area contributed by atoms with Crippen molar-refractivity contribution in [1.29, 1.82) is 0 Å². The number of rotatable bonds is 5. The van der Waals surface area contributed by atoms with Crippen LogP contribution in [0.15, 0.2) is 60.0 Å². The van der Waals surface area contributed by atoms with Gasteiger partial charge in [-0.1, -0.05) is 29.8 Å². The topological polar surface area (TPSA) is 61.3 Å². The Morgan fingerprint density at radius 2 is 2.00 bits per heavy atom. The van der Waals surface area contributed by atoms with Crippen molar-refractivity contribution in [2.45, 2.75) is 26.3 Å². The Morgan fingerprint density at radius 1 is 1.24 bits per heavy atom. The molecule has 25 heavy (non-hydrogen) atoms. The van der Waals surface area contributed by atoms with Gasteiger partial charge in [-0.3, -0.25) is 4.99 Å². The fourth-order valence-electron chi connectivity index (χ4n) is 2.69. The molecule has 0 saturated carbocycles. The van der Waals surface area contributed by atoms with Gasteiger partial charge in [-0.2, -0.15) is 0 Å². The Morgan fingerprint density at radius 3 is 2.68 bits per heavy atom. The Balaban J connectivity index is 2.03. The van der Waals surface area contributed by atoms with E-state index >= 15 is 0 Å². The second kappa shape index (κ2) is 7.30. The largest absolute Gasteiger partial charge is 0.507 e. The van der Waals surface area contributed by atoms with E-state index in [9.17, 15) is 9.50 Å². The predicted octanol–water partition coefficient (Wildman–Crippen LogP) is 4.03. The highest BCUT2D eigenvalue weighted by Crippen LogP contribution is 2.23. The Bertz CT molecular complexity index is 870. The van der Waals surface area contributed by atoms with E-state index < -0.39 is 5.82 Å². The summed E-state index contributed by atoms with van der Waals surface area (Å²) in [5.74, 6) is -0.400. The van der Waals surface area contributed by atoms with Gasteiger partial charge in [0.05, 0.1) is 18.1 Å². The lowest BCUT2D eigenvalue weighted by molar-refractivity contribution is 0.472. The van der Waals surface area contributed by atoms with Crippen LogP contribution in [0.1, 0.15) is 29.3 Å². The number of hydrogen-bond acceptors (Lipinski definition) is 3. The smallest absolute Gasteiger partial charge is 0.125 e. The molecule has 0 aliphatic rings. The zero-order valence-electron chi connectivity index (χ0n) is 14.2. The summed E-state index contributed by atoms with van der Waals surface area (Å²) in [6.07, 6.45) is 4.06. The number of aryl methyl sites for hydroxylation is 1. The number of aromatic amines is 1. The second-order valence-electron chi connectivity index (χ2n) is 6.14. The molecule has 128 valence electrons. The van der Waals surface area contributed by atoms with Gasteiger partial charge in [0.25, 0.3) is 0 Å². The maximum absolute atomic E-state index is 13.8. The molecule has 0 aliphatic carbocycles. The number of benzene rings is 2. The molecular weight excluding hydrogens is 317 g/mol. The maximum atomic E-state index is 13.8. The molecule has 0 radical (unpaired) electrons. The Hall–Kier alpha value is -2.95. The highest BCUT2D eigenvalue weighted by Gasteiger charge is 2.15. The first-order valence-corrected chi connectivity index (χ1v) is 8.14. The Labute approximate surface area is 146 Å². The molecule has 2 N–H and O–H groups in total. The maximum Gasteiger partial charge on any atom is 0.125 e. The molecule has 1 heterocycles. The minimum absolute atomic E-state index is 0.00876. The third kappa shape index (κ3) is 4.12. The van der Waals surface area contributed by atoms with Crippen molar-refractivity contribution in [2.75, 3.05) is 0 Å². The number of nitrogens with zero attached hydrogens (tertiary/aromatic N) is 2. The lowest BCUT2D eigenvalue weighted by Gasteiger charge is -2.13. The summed E-state index contributed by atoms with van der Waals surface area (Å²) >= 11 is 0. The van der Waals surface area contributed by atoms with Crippen molar-refractivity contribution >= 4 is 5.71 Å². The van der Waals surface area contributed by atoms with E-state index in [0.29, 0.717) is 17.7 Å². The van der Waals surface area contributed by atoms with Gasteiger partial charge in [0.2, 0.25) is 0 Å². The van der Waals surface area contributed by atoms with Gasteiger partial charge in [0.15, 0.2) is 0 Å². The van der Waals surface area contributed by atoms with Crippen LogP contribution in [0.4, 0.5) is 4.39 Å². The molecule has 0 saturated heterocycles. The van der Waals surface area contributed by atoms with Crippen LogP contribution in [0.5, 0.6) is 5.75 Å². The van der Waals surface area contributed by atoms with Crippen molar-refractivity contribution in [3.05, 3.63) is 83.2 Å². The summed E-state index contributed by atoms with van der Waals surface area (Å²) in [7, 11) is 0. The van der Waals surface area contributed by atoms with E-state index in [4.69, 9.17) is 4.99 Å². The SMILES string of the molecule is Cc1ccc(C(=N[C@H](C)Cc2cnc[nH]2)c2cc(F)ccc2O)cc1. The van der Waals surface area contributed by atoms with Crippen LogP contribution in [-0.4, -0.2) is 26.8 Å². The number of H-pyrrole nitrogens is 1. The van der Waals surface area contributed by atoms with Crippen LogP contribution in [0.2, 0.25) is 0 Å². The lowest BCUT2D eigenvalue weighted by atomic mass is 9.99. The van der Waals surface area contributed by atoms with Crippen molar-refractivity contribution < 1.29 is 9.50 Å². The number of aromatic nitrogens is 2. The molecule has 0 bridgehead atoms. The highest BCUT2D eigenvalue weighted by molar-refractivity contribution is 6.14. The van der Waals surface area contributed by atoms with Gasteiger partial charge >= 0.3 is 0 Å². The second-order valence-corrected chi connectivity index (χ2v) is 6.14. The third-order valence-corrected chi connectivity index (χ3v) is 3.96. The molecule has 0 spiro atoms. The van der Waals surface area contributed by atoms with Crippen molar-refractivity contribution in [1.82, 2.24) is 9.97 Å². The van der Waals surface area contributed by atoms with E-state index in [1.54, 1.807) is 12.5 Å². The first-order chi connectivity index (χ1) is 12.0. The van der Waals surface area contributed by atoms with Crippen LogP contribution < -0.4 is 0 Å². The van der Waals surface area contributed by atoms with Crippen molar-refractivity contribution in [3.63, 3.8) is 0 Å². The normalized spacial score (nSPS) is 13.0.